The maximum atomic E-state index is 13.5. The van der Waals surface area contributed by atoms with E-state index in [0.717, 1.165) is 11.4 Å². The molecule has 1 heterocycles. The van der Waals surface area contributed by atoms with E-state index < -0.39 is 0 Å². The minimum atomic E-state index is -0.155. The normalized spacial score (nSPS) is 10.4. The Morgan fingerprint density at radius 1 is 1.17 bits per heavy atom. The van der Waals surface area contributed by atoms with E-state index in [1.54, 1.807) is 19.2 Å². The zero-order chi connectivity index (χ0) is 13.1. The SMILES string of the molecule is Cc1ccnc(N(C)Cc2ccc(C)c(F)c2)c1. The molecule has 3 heteroatoms. The number of hydrogen-bond donors (Lipinski definition) is 0. The first kappa shape index (κ1) is 12.6. The molecule has 0 N–H and O–H groups in total. The third-order valence-corrected chi connectivity index (χ3v) is 2.95. The van der Waals surface area contributed by atoms with E-state index in [1.165, 1.54) is 5.56 Å². The predicted octanol–water partition coefficient (Wildman–Crippen LogP) is 3.47. The summed E-state index contributed by atoms with van der Waals surface area (Å²) in [5.41, 5.74) is 2.79. The quantitative estimate of drug-likeness (QED) is 0.821. The fraction of sp³-hybridized carbons (Fsp3) is 0.267. The lowest BCUT2D eigenvalue weighted by molar-refractivity contribution is 0.615. The summed E-state index contributed by atoms with van der Waals surface area (Å²) < 4.78 is 13.5. The van der Waals surface area contributed by atoms with Crippen molar-refractivity contribution in [2.24, 2.45) is 0 Å². The predicted molar refractivity (Wildman–Crippen MR) is 72.2 cm³/mol. The lowest BCUT2D eigenvalue weighted by Gasteiger charge is -2.18. The zero-order valence-electron chi connectivity index (χ0n) is 10.9. The molecule has 1 aromatic carbocycles. The summed E-state index contributed by atoms with van der Waals surface area (Å²) in [4.78, 5) is 6.32. The van der Waals surface area contributed by atoms with Gasteiger partial charge in [-0.05, 0) is 48.7 Å². The molecule has 2 nitrogen and oxygen atoms in total. The van der Waals surface area contributed by atoms with Gasteiger partial charge in [0.05, 0.1) is 0 Å². The second kappa shape index (κ2) is 5.17. The molecule has 1 aromatic heterocycles. The first-order chi connectivity index (χ1) is 8.56. The molecule has 0 atom stereocenters. The number of pyridine rings is 1. The van der Waals surface area contributed by atoms with Crippen LogP contribution in [0, 0.1) is 19.7 Å². The highest BCUT2D eigenvalue weighted by atomic mass is 19.1. The van der Waals surface area contributed by atoms with Crippen LogP contribution >= 0.6 is 0 Å². The van der Waals surface area contributed by atoms with Crippen LogP contribution in [0.1, 0.15) is 16.7 Å². The van der Waals surface area contributed by atoms with Gasteiger partial charge in [0.15, 0.2) is 0 Å². The molecular formula is C15H17FN2. The summed E-state index contributed by atoms with van der Waals surface area (Å²) in [6, 6.07) is 9.32. The molecule has 0 aliphatic heterocycles. The highest BCUT2D eigenvalue weighted by Gasteiger charge is 2.05. The number of rotatable bonds is 3. The first-order valence-electron chi connectivity index (χ1n) is 5.95. The topological polar surface area (TPSA) is 16.1 Å². The first-order valence-corrected chi connectivity index (χ1v) is 5.95. The van der Waals surface area contributed by atoms with Gasteiger partial charge in [-0.1, -0.05) is 12.1 Å². The van der Waals surface area contributed by atoms with Gasteiger partial charge in [-0.3, -0.25) is 0 Å². The molecule has 0 bridgehead atoms. The second-order valence-corrected chi connectivity index (χ2v) is 4.63. The van der Waals surface area contributed by atoms with Crippen LogP contribution in [0.5, 0.6) is 0 Å². The minimum absolute atomic E-state index is 0.155. The summed E-state index contributed by atoms with van der Waals surface area (Å²) in [7, 11) is 1.96. The van der Waals surface area contributed by atoms with Crippen LogP contribution in [-0.4, -0.2) is 12.0 Å². The summed E-state index contributed by atoms with van der Waals surface area (Å²) in [5.74, 6) is 0.745. The van der Waals surface area contributed by atoms with Crippen LogP contribution in [0.3, 0.4) is 0 Å². The Hall–Kier alpha value is -1.90. The maximum Gasteiger partial charge on any atom is 0.128 e. The molecule has 0 aliphatic carbocycles. The smallest absolute Gasteiger partial charge is 0.128 e. The molecule has 2 rings (SSSR count). The largest absolute Gasteiger partial charge is 0.355 e. The van der Waals surface area contributed by atoms with Gasteiger partial charge < -0.3 is 4.90 Å². The fourth-order valence-electron chi connectivity index (χ4n) is 1.82. The van der Waals surface area contributed by atoms with Crippen LogP contribution < -0.4 is 4.90 Å². The number of aromatic nitrogens is 1. The average Bonchev–Trinajstić information content (AvgIpc) is 2.34. The summed E-state index contributed by atoms with van der Waals surface area (Å²) in [5, 5.41) is 0. The molecule has 94 valence electrons. The average molecular weight is 244 g/mol. The van der Waals surface area contributed by atoms with Crippen molar-refractivity contribution in [1.82, 2.24) is 4.98 Å². The molecule has 0 saturated heterocycles. The van der Waals surface area contributed by atoms with Crippen LogP contribution in [0.25, 0.3) is 0 Å². The van der Waals surface area contributed by atoms with Gasteiger partial charge in [0, 0.05) is 19.8 Å². The standard InChI is InChI=1S/C15H17FN2/c1-11-6-7-17-15(8-11)18(3)10-13-5-4-12(2)14(16)9-13/h4-9H,10H2,1-3H3. The molecule has 0 spiro atoms. The van der Waals surface area contributed by atoms with Gasteiger partial charge in [-0.2, -0.15) is 0 Å². The number of anilines is 1. The summed E-state index contributed by atoms with van der Waals surface area (Å²) in [6.45, 7) is 4.45. The van der Waals surface area contributed by atoms with E-state index in [9.17, 15) is 4.39 Å². The highest BCUT2D eigenvalue weighted by Crippen LogP contribution is 2.15. The number of benzene rings is 1. The monoisotopic (exact) mass is 244 g/mol. The van der Waals surface area contributed by atoms with Gasteiger partial charge in [0.2, 0.25) is 0 Å². The lowest BCUT2D eigenvalue weighted by atomic mass is 10.1. The number of nitrogens with zero attached hydrogens (tertiary/aromatic N) is 2. The molecule has 0 aliphatic rings. The van der Waals surface area contributed by atoms with Crippen LogP contribution in [0.15, 0.2) is 36.5 Å². The summed E-state index contributed by atoms with van der Waals surface area (Å²) >= 11 is 0. The zero-order valence-corrected chi connectivity index (χ0v) is 10.9. The Bertz CT molecular complexity index is 552. The Labute approximate surface area is 107 Å². The third-order valence-electron chi connectivity index (χ3n) is 2.95. The van der Waals surface area contributed by atoms with Crippen molar-refractivity contribution in [2.45, 2.75) is 20.4 Å². The molecule has 18 heavy (non-hydrogen) atoms. The van der Waals surface area contributed by atoms with Crippen molar-refractivity contribution in [3.05, 3.63) is 59.0 Å². The van der Waals surface area contributed by atoms with E-state index in [0.29, 0.717) is 12.1 Å². The van der Waals surface area contributed by atoms with E-state index >= 15 is 0 Å². The van der Waals surface area contributed by atoms with Gasteiger partial charge in [-0.25, -0.2) is 9.37 Å². The lowest BCUT2D eigenvalue weighted by Crippen LogP contribution is -2.17. The van der Waals surface area contributed by atoms with E-state index in [-0.39, 0.29) is 5.82 Å². The van der Waals surface area contributed by atoms with Crippen molar-refractivity contribution in [2.75, 3.05) is 11.9 Å². The van der Waals surface area contributed by atoms with Gasteiger partial charge in [-0.15, -0.1) is 0 Å². The van der Waals surface area contributed by atoms with Crippen LogP contribution in [0.2, 0.25) is 0 Å². The van der Waals surface area contributed by atoms with E-state index in [1.807, 2.05) is 43.1 Å². The molecule has 0 saturated carbocycles. The Kier molecular flexibility index (Phi) is 3.60. The molecule has 0 amide bonds. The molecule has 0 unspecified atom stereocenters. The number of halogens is 1. The molecular weight excluding hydrogens is 227 g/mol. The minimum Gasteiger partial charge on any atom is -0.355 e. The Morgan fingerprint density at radius 3 is 2.61 bits per heavy atom. The Balaban J connectivity index is 2.16. The van der Waals surface area contributed by atoms with Gasteiger partial charge in [0.1, 0.15) is 11.6 Å². The second-order valence-electron chi connectivity index (χ2n) is 4.63. The van der Waals surface area contributed by atoms with E-state index in [4.69, 9.17) is 0 Å². The fourth-order valence-corrected chi connectivity index (χ4v) is 1.82. The molecule has 0 radical (unpaired) electrons. The van der Waals surface area contributed by atoms with Crippen molar-refractivity contribution in [3.8, 4) is 0 Å². The van der Waals surface area contributed by atoms with Crippen LogP contribution in [-0.2, 0) is 6.54 Å². The number of hydrogen-bond acceptors (Lipinski definition) is 2. The molecule has 2 aromatic rings. The van der Waals surface area contributed by atoms with Gasteiger partial charge in [0.25, 0.3) is 0 Å². The van der Waals surface area contributed by atoms with Gasteiger partial charge >= 0.3 is 0 Å². The van der Waals surface area contributed by atoms with Crippen molar-refractivity contribution < 1.29 is 4.39 Å². The van der Waals surface area contributed by atoms with Crippen molar-refractivity contribution in [1.29, 1.82) is 0 Å². The van der Waals surface area contributed by atoms with Crippen LogP contribution in [0.4, 0.5) is 10.2 Å². The van der Waals surface area contributed by atoms with E-state index in [2.05, 4.69) is 4.98 Å². The third kappa shape index (κ3) is 2.86. The Morgan fingerprint density at radius 2 is 1.94 bits per heavy atom. The highest BCUT2D eigenvalue weighted by molar-refractivity contribution is 5.41. The number of aryl methyl sites for hydroxylation is 2. The van der Waals surface area contributed by atoms with Crippen molar-refractivity contribution in [3.63, 3.8) is 0 Å². The summed E-state index contributed by atoms with van der Waals surface area (Å²) in [6.07, 6.45) is 1.79. The molecule has 0 fully saturated rings. The van der Waals surface area contributed by atoms with Crippen molar-refractivity contribution >= 4 is 5.82 Å². The maximum absolute atomic E-state index is 13.5.